The Hall–Kier alpha value is -1.68. The Labute approximate surface area is 101 Å². The molecule has 0 amide bonds. The second kappa shape index (κ2) is 5.10. The van der Waals surface area contributed by atoms with Gasteiger partial charge in [-0.15, -0.1) is 0 Å². The molecule has 0 fully saturated rings. The molecule has 4 nitrogen and oxygen atoms in total. The SMILES string of the molecule is CNC(C)Cc1noc(-c2ccccc2C)n1. The minimum Gasteiger partial charge on any atom is -0.334 e. The molecule has 1 N–H and O–H groups in total. The zero-order valence-corrected chi connectivity index (χ0v) is 10.4. The van der Waals surface area contributed by atoms with Gasteiger partial charge in [0.05, 0.1) is 0 Å². The Kier molecular flexibility index (Phi) is 3.54. The van der Waals surface area contributed by atoms with Crippen LogP contribution < -0.4 is 5.32 Å². The Morgan fingerprint density at radius 2 is 2.12 bits per heavy atom. The van der Waals surface area contributed by atoms with Crippen LogP contribution in [-0.2, 0) is 6.42 Å². The largest absolute Gasteiger partial charge is 0.334 e. The number of hydrogen-bond acceptors (Lipinski definition) is 4. The van der Waals surface area contributed by atoms with Crippen LogP contribution in [-0.4, -0.2) is 23.2 Å². The summed E-state index contributed by atoms with van der Waals surface area (Å²) < 4.78 is 5.29. The van der Waals surface area contributed by atoms with E-state index >= 15 is 0 Å². The lowest BCUT2D eigenvalue weighted by molar-refractivity contribution is 0.418. The van der Waals surface area contributed by atoms with Crippen molar-refractivity contribution < 1.29 is 4.52 Å². The fourth-order valence-corrected chi connectivity index (χ4v) is 1.64. The standard InChI is InChI=1S/C13H17N3O/c1-9-6-4-5-7-11(9)13-15-12(16-17-13)8-10(2)14-3/h4-7,10,14H,8H2,1-3H3. The van der Waals surface area contributed by atoms with Crippen molar-refractivity contribution in [2.24, 2.45) is 0 Å². The van der Waals surface area contributed by atoms with Crippen molar-refractivity contribution >= 4 is 0 Å². The first-order valence-corrected chi connectivity index (χ1v) is 5.76. The Bertz CT molecular complexity index is 493. The number of hydrogen-bond donors (Lipinski definition) is 1. The molecule has 0 aliphatic carbocycles. The topological polar surface area (TPSA) is 51.0 Å². The smallest absolute Gasteiger partial charge is 0.258 e. The van der Waals surface area contributed by atoms with Crippen LogP contribution in [0.4, 0.5) is 0 Å². The molecule has 0 spiro atoms. The lowest BCUT2D eigenvalue weighted by Crippen LogP contribution is -2.24. The van der Waals surface area contributed by atoms with E-state index in [0.29, 0.717) is 11.9 Å². The molecule has 0 saturated heterocycles. The number of aromatic nitrogens is 2. The lowest BCUT2D eigenvalue weighted by atomic mass is 10.1. The molecule has 90 valence electrons. The highest BCUT2D eigenvalue weighted by atomic mass is 16.5. The van der Waals surface area contributed by atoms with Gasteiger partial charge in [-0.1, -0.05) is 23.4 Å². The minimum atomic E-state index is 0.345. The zero-order chi connectivity index (χ0) is 12.3. The maximum Gasteiger partial charge on any atom is 0.258 e. The first-order valence-electron chi connectivity index (χ1n) is 5.76. The minimum absolute atomic E-state index is 0.345. The molecule has 0 saturated carbocycles. The van der Waals surface area contributed by atoms with E-state index < -0.39 is 0 Å². The number of likely N-dealkylation sites (N-methyl/N-ethyl adjacent to an activating group) is 1. The molecular weight excluding hydrogens is 214 g/mol. The lowest BCUT2D eigenvalue weighted by Gasteiger charge is -2.04. The van der Waals surface area contributed by atoms with Crippen LogP contribution in [0, 0.1) is 6.92 Å². The van der Waals surface area contributed by atoms with E-state index in [1.165, 1.54) is 0 Å². The van der Waals surface area contributed by atoms with Crippen molar-refractivity contribution in [3.05, 3.63) is 35.7 Å². The maximum absolute atomic E-state index is 5.29. The van der Waals surface area contributed by atoms with E-state index in [0.717, 1.165) is 23.4 Å². The van der Waals surface area contributed by atoms with Crippen LogP contribution in [0.15, 0.2) is 28.8 Å². The first kappa shape index (κ1) is 11.8. The van der Waals surface area contributed by atoms with Gasteiger partial charge >= 0.3 is 0 Å². The molecule has 0 aliphatic heterocycles. The second-order valence-electron chi connectivity index (χ2n) is 4.22. The number of nitrogens with zero attached hydrogens (tertiary/aromatic N) is 2. The van der Waals surface area contributed by atoms with Crippen LogP contribution in [0.5, 0.6) is 0 Å². The van der Waals surface area contributed by atoms with E-state index in [-0.39, 0.29) is 0 Å². The van der Waals surface area contributed by atoms with Crippen LogP contribution in [0.2, 0.25) is 0 Å². The summed E-state index contributed by atoms with van der Waals surface area (Å²) in [5, 5.41) is 7.15. The van der Waals surface area contributed by atoms with Gasteiger partial charge in [0.15, 0.2) is 5.82 Å². The number of benzene rings is 1. The fraction of sp³-hybridized carbons (Fsp3) is 0.385. The van der Waals surface area contributed by atoms with Crippen molar-refractivity contribution in [2.75, 3.05) is 7.05 Å². The van der Waals surface area contributed by atoms with E-state index in [9.17, 15) is 0 Å². The van der Waals surface area contributed by atoms with Gasteiger partial charge in [0.1, 0.15) is 0 Å². The summed E-state index contributed by atoms with van der Waals surface area (Å²) >= 11 is 0. The summed E-state index contributed by atoms with van der Waals surface area (Å²) in [5.41, 5.74) is 2.15. The molecule has 1 unspecified atom stereocenters. The predicted molar refractivity (Wildman–Crippen MR) is 66.7 cm³/mol. The van der Waals surface area contributed by atoms with Gasteiger partial charge in [-0.05, 0) is 32.5 Å². The summed E-state index contributed by atoms with van der Waals surface area (Å²) in [6, 6.07) is 8.35. The van der Waals surface area contributed by atoms with E-state index in [2.05, 4.69) is 22.4 Å². The monoisotopic (exact) mass is 231 g/mol. The molecule has 1 aromatic heterocycles. The fourth-order valence-electron chi connectivity index (χ4n) is 1.64. The Balaban J connectivity index is 2.21. The summed E-state index contributed by atoms with van der Waals surface area (Å²) in [5.74, 6) is 1.34. The van der Waals surface area contributed by atoms with E-state index in [4.69, 9.17) is 4.52 Å². The highest BCUT2D eigenvalue weighted by molar-refractivity contribution is 5.57. The van der Waals surface area contributed by atoms with Crippen molar-refractivity contribution in [3.63, 3.8) is 0 Å². The zero-order valence-electron chi connectivity index (χ0n) is 10.4. The van der Waals surface area contributed by atoms with Crippen LogP contribution in [0.3, 0.4) is 0 Å². The third-order valence-electron chi connectivity index (χ3n) is 2.83. The molecular formula is C13H17N3O. The average Bonchev–Trinajstić information content (AvgIpc) is 2.78. The summed E-state index contributed by atoms with van der Waals surface area (Å²) in [6.45, 7) is 4.12. The highest BCUT2D eigenvalue weighted by Gasteiger charge is 2.12. The Morgan fingerprint density at radius 3 is 2.82 bits per heavy atom. The quantitative estimate of drug-likeness (QED) is 0.876. The average molecular weight is 231 g/mol. The normalized spacial score (nSPS) is 12.6. The molecule has 0 bridgehead atoms. The predicted octanol–water partition coefficient (Wildman–Crippen LogP) is 2.20. The van der Waals surface area contributed by atoms with Crippen LogP contribution in [0.25, 0.3) is 11.5 Å². The van der Waals surface area contributed by atoms with Gasteiger partial charge in [0, 0.05) is 18.0 Å². The van der Waals surface area contributed by atoms with Gasteiger partial charge in [-0.25, -0.2) is 0 Å². The molecule has 1 aromatic carbocycles. The molecule has 17 heavy (non-hydrogen) atoms. The van der Waals surface area contributed by atoms with Gasteiger partial charge in [0.2, 0.25) is 0 Å². The van der Waals surface area contributed by atoms with Crippen molar-refractivity contribution in [2.45, 2.75) is 26.3 Å². The van der Waals surface area contributed by atoms with Crippen LogP contribution in [0.1, 0.15) is 18.3 Å². The highest BCUT2D eigenvalue weighted by Crippen LogP contribution is 2.21. The summed E-state index contributed by atoms with van der Waals surface area (Å²) in [6.07, 6.45) is 0.770. The van der Waals surface area contributed by atoms with E-state index in [1.54, 1.807) is 0 Å². The first-order chi connectivity index (χ1) is 8.20. The third kappa shape index (κ3) is 2.71. The van der Waals surface area contributed by atoms with E-state index in [1.807, 2.05) is 38.2 Å². The van der Waals surface area contributed by atoms with Crippen molar-refractivity contribution in [1.29, 1.82) is 0 Å². The number of aryl methyl sites for hydroxylation is 1. The third-order valence-corrected chi connectivity index (χ3v) is 2.83. The molecule has 0 aliphatic rings. The number of rotatable bonds is 4. The van der Waals surface area contributed by atoms with Crippen LogP contribution >= 0.6 is 0 Å². The van der Waals surface area contributed by atoms with Crippen molar-refractivity contribution in [3.8, 4) is 11.5 Å². The molecule has 1 atom stereocenters. The second-order valence-corrected chi connectivity index (χ2v) is 4.22. The number of nitrogens with one attached hydrogen (secondary N) is 1. The summed E-state index contributed by atoms with van der Waals surface area (Å²) in [7, 11) is 1.92. The van der Waals surface area contributed by atoms with Gasteiger partial charge in [0.25, 0.3) is 5.89 Å². The Morgan fingerprint density at radius 1 is 1.35 bits per heavy atom. The maximum atomic E-state index is 5.29. The summed E-state index contributed by atoms with van der Waals surface area (Å²) in [4.78, 5) is 4.41. The van der Waals surface area contributed by atoms with Crippen molar-refractivity contribution in [1.82, 2.24) is 15.5 Å². The van der Waals surface area contributed by atoms with Gasteiger partial charge in [-0.2, -0.15) is 4.98 Å². The molecule has 2 rings (SSSR count). The molecule has 1 heterocycles. The van der Waals surface area contributed by atoms with Gasteiger partial charge in [-0.3, -0.25) is 0 Å². The molecule has 2 aromatic rings. The molecule has 4 heteroatoms. The van der Waals surface area contributed by atoms with Gasteiger partial charge < -0.3 is 9.84 Å². The molecule has 0 radical (unpaired) electrons.